The summed E-state index contributed by atoms with van der Waals surface area (Å²) in [4.78, 5) is 7.10. The minimum Gasteiger partial charge on any atom is -0.466 e. The van der Waals surface area contributed by atoms with Crippen molar-refractivity contribution in [3.05, 3.63) is 114 Å². The molecule has 1 spiro atoms. The van der Waals surface area contributed by atoms with Gasteiger partial charge in [0.1, 0.15) is 11.3 Å². The summed E-state index contributed by atoms with van der Waals surface area (Å²) in [6, 6.07) is 28.1. The molecule has 1 N–H and O–H groups in total. The molecular weight excluding hydrogens is 518 g/mol. The first-order valence-electron chi connectivity index (χ1n) is 15.4. The predicted molar refractivity (Wildman–Crippen MR) is 163 cm³/mol. The number of pyridine rings is 1. The molecule has 2 aromatic heterocycles. The number of para-hydroxylation sites is 2. The number of hydrogen-bond acceptors (Lipinski definition) is 5. The van der Waals surface area contributed by atoms with Gasteiger partial charge in [-0.3, -0.25) is 0 Å². The number of rotatable bonds is 4. The van der Waals surface area contributed by atoms with E-state index in [4.69, 9.17) is 14.1 Å². The lowest BCUT2D eigenvalue weighted by Crippen LogP contribution is -2.82. The molecule has 4 fully saturated rings. The van der Waals surface area contributed by atoms with Crippen molar-refractivity contribution in [3.63, 3.8) is 0 Å². The average molecular weight is 548 g/mol. The van der Waals surface area contributed by atoms with Gasteiger partial charge < -0.3 is 19.4 Å². The second kappa shape index (κ2) is 7.46. The van der Waals surface area contributed by atoms with Crippen molar-refractivity contribution in [1.82, 2.24) is 10.3 Å². The van der Waals surface area contributed by atoms with E-state index in [1.807, 2.05) is 30.5 Å². The van der Waals surface area contributed by atoms with E-state index < -0.39 is 0 Å². The number of benzene rings is 3. The summed E-state index contributed by atoms with van der Waals surface area (Å²) in [5, 5.41) is 5.62. The smallest absolute Gasteiger partial charge is 0.227 e. The molecule has 42 heavy (non-hydrogen) atoms. The number of nitrogens with zero attached hydrogens (tertiary/aromatic N) is 2. The largest absolute Gasteiger partial charge is 0.466 e. The Hall–Kier alpha value is -4.51. The van der Waals surface area contributed by atoms with E-state index in [0.29, 0.717) is 5.71 Å². The number of allylic oxidation sites excluding steroid dienone is 1. The summed E-state index contributed by atoms with van der Waals surface area (Å²) in [5.74, 6) is 5.69. The van der Waals surface area contributed by atoms with Crippen molar-refractivity contribution in [2.75, 3.05) is 4.90 Å². The minimum atomic E-state index is -0.177. The molecule has 3 aromatic carbocycles. The van der Waals surface area contributed by atoms with Gasteiger partial charge in [0.05, 0.1) is 23.0 Å². The molecule has 5 heteroatoms. The second-order valence-corrected chi connectivity index (χ2v) is 13.2. The molecule has 2 aliphatic heterocycles. The molecule has 4 heterocycles. The molecule has 11 rings (SSSR count). The standard InChI is InChI=1S/C37H29N3O2/c1-3-7-32-26(5-1)28-16-24(18-38-35(28)41-32)40(25-17-29-27-6-2-4-8-33(27)42-36(29)39-19-25)23-11-9-20(10-12-23)34-30-14-21-13-22-15-31(34)37(21,22)30/h1-12,16-19,21-22,30-31,34-35,38H,13-15H2. The van der Waals surface area contributed by atoms with Gasteiger partial charge in [0.25, 0.3) is 0 Å². The first-order chi connectivity index (χ1) is 20.8. The monoisotopic (exact) mass is 547 g/mol. The Labute approximate surface area is 243 Å². The highest BCUT2D eigenvalue weighted by Crippen LogP contribution is 2.91. The Balaban J connectivity index is 1.02. The molecule has 6 aliphatic rings. The van der Waals surface area contributed by atoms with Gasteiger partial charge in [-0.25, -0.2) is 4.98 Å². The average Bonchev–Trinajstić information content (AvgIpc) is 3.55. The highest BCUT2D eigenvalue weighted by molar-refractivity contribution is 6.04. The SMILES string of the molecule is C1=C2c3ccccc3OC2NC=C1N(c1ccc(C2C3CC4CC5CC2C453)cc1)c1cnc2oc3ccccc3c2c1. The van der Waals surface area contributed by atoms with E-state index >= 15 is 0 Å². The highest BCUT2D eigenvalue weighted by Gasteiger charge is 2.84. The number of fused-ring (bicyclic) bond motifs is 6. The van der Waals surface area contributed by atoms with Crippen LogP contribution in [0, 0.1) is 29.1 Å². The van der Waals surface area contributed by atoms with E-state index in [1.54, 1.807) is 0 Å². The third-order valence-electron chi connectivity index (χ3n) is 11.9. The molecule has 4 aliphatic carbocycles. The number of furan rings is 1. The summed E-state index contributed by atoms with van der Waals surface area (Å²) < 4.78 is 12.3. The summed E-state index contributed by atoms with van der Waals surface area (Å²) in [7, 11) is 0. The lowest BCUT2D eigenvalue weighted by molar-refractivity contribution is -0.390. The van der Waals surface area contributed by atoms with Gasteiger partial charge in [-0.1, -0.05) is 48.5 Å². The zero-order valence-corrected chi connectivity index (χ0v) is 23.0. The Morgan fingerprint density at radius 1 is 0.833 bits per heavy atom. The molecule has 5 aromatic rings. The quantitative estimate of drug-likeness (QED) is 0.246. The van der Waals surface area contributed by atoms with Gasteiger partial charge in [-0.2, -0.15) is 0 Å². The molecule has 204 valence electrons. The summed E-state index contributed by atoms with van der Waals surface area (Å²) >= 11 is 0. The lowest BCUT2D eigenvalue weighted by atomic mass is 9.15. The fourth-order valence-corrected chi connectivity index (χ4v) is 10.2. The number of ether oxygens (including phenoxy) is 1. The van der Waals surface area contributed by atoms with E-state index in [0.717, 1.165) is 85.3 Å². The Morgan fingerprint density at radius 2 is 1.64 bits per heavy atom. The fourth-order valence-electron chi connectivity index (χ4n) is 10.2. The number of anilines is 2. The third-order valence-corrected chi connectivity index (χ3v) is 11.9. The number of nitrogens with one attached hydrogen (secondary N) is 1. The molecule has 5 nitrogen and oxygen atoms in total. The molecule has 5 atom stereocenters. The van der Waals surface area contributed by atoms with Crippen LogP contribution in [0.4, 0.5) is 11.4 Å². The summed E-state index contributed by atoms with van der Waals surface area (Å²) in [6.45, 7) is 0. The van der Waals surface area contributed by atoms with Crippen LogP contribution in [0.3, 0.4) is 0 Å². The van der Waals surface area contributed by atoms with Crippen LogP contribution in [-0.2, 0) is 0 Å². The van der Waals surface area contributed by atoms with Crippen molar-refractivity contribution in [2.45, 2.75) is 31.4 Å². The van der Waals surface area contributed by atoms with Crippen molar-refractivity contribution >= 4 is 39.0 Å². The second-order valence-electron chi connectivity index (χ2n) is 13.2. The van der Waals surface area contributed by atoms with Gasteiger partial charge in [0.2, 0.25) is 5.71 Å². The molecule has 0 bridgehead atoms. The molecule has 0 radical (unpaired) electrons. The maximum atomic E-state index is 6.20. The van der Waals surface area contributed by atoms with Gasteiger partial charge >= 0.3 is 0 Å². The lowest BCUT2D eigenvalue weighted by Gasteiger charge is -2.89. The normalized spacial score (nSPS) is 32.3. The summed E-state index contributed by atoms with van der Waals surface area (Å²) in [5.41, 5.74) is 9.29. The van der Waals surface area contributed by atoms with Crippen LogP contribution < -0.4 is 15.0 Å². The first kappa shape index (κ1) is 22.1. The molecule has 5 unspecified atom stereocenters. The highest BCUT2D eigenvalue weighted by atomic mass is 16.5. The number of aromatic nitrogens is 1. The molecule has 4 saturated carbocycles. The van der Waals surface area contributed by atoms with Gasteiger partial charge in [0.15, 0.2) is 6.23 Å². The van der Waals surface area contributed by atoms with Crippen molar-refractivity contribution in [3.8, 4) is 5.75 Å². The summed E-state index contributed by atoms with van der Waals surface area (Å²) in [6.07, 6.45) is 10.5. The predicted octanol–water partition coefficient (Wildman–Crippen LogP) is 8.13. The van der Waals surface area contributed by atoms with Crippen molar-refractivity contribution in [2.24, 2.45) is 29.1 Å². The number of dihydropyridines is 1. The Bertz CT molecular complexity index is 2020. The van der Waals surface area contributed by atoms with Crippen molar-refractivity contribution < 1.29 is 9.15 Å². The van der Waals surface area contributed by atoms with E-state index in [2.05, 4.69) is 77.1 Å². The molecular formula is C37H29N3O2. The van der Waals surface area contributed by atoms with Crippen molar-refractivity contribution in [1.29, 1.82) is 0 Å². The van der Waals surface area contributed by atoms with Crippen LogP contribution in [0.2, 0.25) is 0 Å². The maximum absolute atomic E-state index is 6.20. The Morgan fingerprint density at radius 3 is 2.50 bits per heavy atom. The van der Waals surface area contributed by atoms with Gasteiger partial charge in [-0.15, -0.1) is 0 Å². The Kier molecular flexibility index (Phi) is 3.93. The van der Waals surface area contributed by atoms with Gasteiger partial charge in [0, 0.05) is 28.4 Å². The minimum absolute atomic E-state index is 0.177. The van der Waals surface area contributed by atoms with E-state index in [9.17, 15) is 0 Å². The first-order valence-corrected chi connectivity index (χ1v) is 15.4. The van der Waals surface area contributed by atoms with E-state index in [1.165, 1.54) is 24.8 Å². The van der Waals surface area contributed by atoms with Crippen LogP contribution in [0.1, 0.15) is 36.3 Å². The topological polar surface area (TPSA) is 50.5 Å². The van der Waals surface area contributed by atoms with Gasteiger partial charge in [-0.05, 0) is 96.2 Å². The van der Waals surface area contributed by atoms with E-state index in [-0.39, 0.29) is 6.23 Å². The van der Waals surface area contributed by atoms with Crippen LogP contribution in [0.15, 0.2) is 107 Å². The van der Waals surface area contributed by atoms with Crippen LogP contribution >= 0.6 is 0 Å². The van der Waals surface area contributed by atoms with Crippen LogP contribution in [0.5, 0.6) is 5.75 Å². The molecule has 0 amide bonds. The fraction of sp³-hybridized carbons (Fsp3) is 0.270. The molecule has 0 saturated heterocycles. The zero-order valence-electron chi connectivity index (χ0n) is 23.0. The number of hydrogen-bond donors (Lipinski definition) is 1. The van der Waals surface area contributed by atoms with Crippen LogP contribution in [-0.4, -0.2) is 11.2 Å². The van der Waals surface area contributed by atoms with Crippen LogP contribution in [0.25, 0.3) is 27.6 Å². The third kappa shape index (κ3) is 2.52. The zero-order chi connectivity index (χ0) is 27.2. The maximum Gasteiger partial charge on any atom is 0.227 e.